The molecule has 5 amide bonds. The van der Waals surface area contributed by atoms with Crippen LogP contribution < -0.4 is 26.6 Å². The van der Waals surface area contributed by atoms with Crippen LogP contribution in [0.4, 0.5) is 0 Å². The van der Waals surface area contributed by atoms with Crippen molar-refractivity contribution in [3.05, 3.63) is 35.9 Å². The van der Waals surface area contributed by atoms with Gasteiger partial charge in [0.15, 0.2) is 0 Å². The first kappa shape index (κ1) is 32.6. The molecule has 4 saturated carbocycles. The van der Waals surface area contributed by atoms with E-state index in [1.165, 1.54) is 0 Å². The maximum atomic E-state index is 13.8. The average Bonchev–Trinajstić information content (AvgIpc) is 3.40. The fraction of sp³-hybridized carbons (Fsp3) is 0.647. The highest BCUT2D eigenvalue weighted by molar-refractivity contribution is 6.38. The summed E-state index contributed by atoms with van der Waals surface area (Å²) in [6.07, 6.45) is 8.72. The standard InChI is InChI=1S/C34H47N5O6/c1-2-9-25(37-31(43)27(23-12-7-4-8-13-23)39-33(45)34-17-22(18-34)19-34)30(42)38-26(16-24-14-15-35-29(24)41)28(40)32(44)36-20-21-10-5-3-6-11-21/h3,5-6,10-11,22-27H,2,4,7-9,12-20H2,1H3,(H,35,41)(H,36,44)(H,37,43)(H,38,42)(H,39,45)/t22?,24-,25-,26-,27+,34?/m0/s1. The number of carbonyl (C=O) groups is 6. The summed E-state index contributed by atoms with van der Waals surface area (Å²) in [6.45, 7) is 2.49. The molecule has 0 unspecified atom stereocenters. The van der Waals surface area contributed by atoms with Gasteiger partial charge in [0.25, 0.3) is 5.91 Å². The highest BCUT2D eigenvalue weighted by atomic mass is 16.2. The second-order valence-electron chi connectivity index (χ2n) is 13.6. The third kappa shape index (κ3) is 7.73. The quantitative estimate of drug-likeness (QED) is 0.188. The van der Waals surface area contributed by atoms with Crippen molar-refractivity contribution in [3.63, 3.8) is 0 Å². The molecule has 1 aliphatic heterocycles. The van der Waals surface area contributed by atoms with E-state index in [1.807, 2.05) is 37.3 Å². The second-order valence-corrected chi connectivity index (χ2v) is 13.6. The van der Waals surface area contributed by atoms with E-state index in [0.29, 0.717) is 31.7 Å². The summed E-state index contributed by atoms with van der Waals surface area (Å²) in [5, 5.41) is 14.0. The molecular weight excluding hydrogens is 574 g/mol. The van der Waals surface area contributed by atoms with Crippen molar-refractivity contribution in [1.82, 2.24) is 26.6 Å². The summed E-state index contributed by atoms with van der Waals surface area (Å²) >= 11 is 0. The van der Waals surface area contributed by atoms with Crippen molar-refractivity contribution in [3.8, 4) is 0 Å². The van der Waals surface area contributed by atoms with Gasteiger partial charge in [0.2, 0.25) is 29.4 Å². The summed E-state index contributed by atoms with van der Waals surface area (Å²) in [4.78, 5) is 79.4. The summed E-state index contributed by atoms with van der Waals surface area (Å²) in [5.74, 6) is -2.87. The molecular formula is C34H47N5O6. The van der Waals surface area contributed by atoms with Gasteiger partial charge < -0.3 is 26.6 Å². The number of rotatable bonds is 15. The molecule has 45 heavy (non-hydrogen) atoms. The molecule has 4 atom stereocenters. The van der Waals surface area contributed by atoms with Gasteiger partial charge in [-0.3, -0.25) is 28.8 Å². The van der Waals surface area contributed by atoms with Crippen LogP contribution in [0.3, 0.4) is 0 Å². The lowest BCUT2D eigenvalue weighted by molar-refractivity contribution is -0.167. The number of benzene rings is 1. The zero-order chi connectivity index (χ0) is 32.0. The molecule has 11 heteroatoms. The average molecular weight is 622 g/mol. The first-order chi connectivity index (χ1) is 21.7. The number of hydrogen-bond donors (Lipinski definition) is 5. The van der Waals surface area contributed by atoms with Gasteiger partial charge in [-0.05, 0) is 68.8 Å². The molecule has 1 heterocycles. The molecule has 1 aromatic rings. The molecule has 6 rings (SSSR count). The first-order valence-electron chi connectivity index (χ1n) is 16.7. The number of Topliss-reactive ketones (excluding diaryl/α,β-unsaturated/α-hetero) is 1. The third-order valence-electron chi connectivity index (χ3n) is 10.3. The van der Waals surface area contributed by atoms with Gasteiger partial charge >= 0.3 is 0 Å². The van der Waals surface area contributed by atoms with Gasteiger partial charge in [0, 0.05) is 24.4 Å². The number of hydrogen-bond acceptors (Lipinski definition) is 6. The van der Waals surface area contributed by atoms with Crippen LogP contribution in [0.15, 0.2) is 30.3 Å². The van der Waals surface area contributed by atoms with Crippen LogP contribution in [-0.4, -0.2) is 60.0 Å². The van der Waals surface area contributed by atoms with Gasteiger partial charge in [-0.1, -0.05) is 62.9 Å². The van der Waals surface area contributed by atoms with Gasteiger partial charge in [0.1, 0.15) is 12.1 Å². The minimum absolute atomic E-state index is 0.0103. The van der Waals surface area contributed by atoms with Crippen LogP contribution in [0.2, 0.25) is 0 Å². The molecule has 1 saturated heterocycles. The van der Waals surface area contributed by atoms with Gasteiger partial charge in [-0.2, -0.15) is 0 Å². The monoisotopic (exact) mass is 621 g/mol. The summed E-state index contributed by atoms with van der Waals surface area (Å²) < 4.78 is 0. The minimum atomic E-state index is -1.24. The molecule has 244 valence electrons. The van der Waals surface area contributed by atoms with E-state index in [1.54, 1.807) is 0 Å². The van der Waals surface area contributed by atoms with Crippen LogP contribution in [0.25, 0.3) is 0 Å². The van der Waals surface area contributed by atoms with Crippen LogP contribution in [-0.2, 0) is 35.3 Å². The first-order valence-corrected chi connectivity index (χ1v) is 16.7. The fourth-order valence-electron chi connectivity index (χ4n) is 7.42. The normalized spacial score (nSPS) is 25.8. The van der Waals surface area contributed by atoms with E-state index < -0.39 is 47.5 Å². The van der Waals surface area contributed by atoms with E-state index in [0.717, 1.165) is 56.9 Å². The fourth-order valence-corrected chi connectivity index (χ4v) is 7.42. The largest absolute Gasteiger partial charge is 0.356 e. The summed E-state index contributed by atoms with van der Waals surface area (Å²) in [6, 6.07) is 6.20. The van der Waals surface area contributed by atoms with E-state index >= 15 is 0 Å². The minimum Gasteiger partial charge on any atom is -0.356 e. The Bertz CT molecular complexity index is 1260. The van der Waals surface area contributed by atoms with Crippen molar-refractivity contribution in [2.24, 2.45) is 23.2 Å². The Balaban J connectivity index is 1.26. The molecule has 2 bridgehead atoms. The van der Waals surface area contributed by atoms with E-state index in [4.69, 9.17) is 0 Å². The Morgan fingerprint density at radius 2 is 1.58 bits per heavy atom. The van der Waals surface area contributed by atoms with E-state index in [2.05, 4.69) is 26.6 Å². The van der Waals surface area contributed by atoms with Crippen LogP contribution in [0.1, 0.15) is 89.5 Å². The smallest absolute Gasteiger partial charge is 0.289 e. The maximum absolute atomic E-state index is 13.8. The number of carbonyl (C=O) groups excluding carboxylic acids is 6. The van der Waals surface area contributed by atoms with Gasteiger partial charge in [0.05, 0.1) is 6.04 Å². The molecule has 4 aliphatic carbocycles. The van der Waals surface area contributed by atoms with E-state index in [-0.39, 0.29) is 36.1 Å². The Hall–Kier alpha value is -3.76. The van der Waals surface area contributed by atoms with Crippen LogP contribution >= 0.6 is 0 Å². The van der Waals surface area contributed by atoms with Crippen LogP contribution in [0.5, 0.6) is 0 Å². The van der Waals surface area contributed by atoms with Gasteiger partial charge in [-0.15, -0.1) is 0 Å². The Morgan fingerprint density at radius 1 is 0.889 bits per heavy atom. The molecule has 5 fully saturated rings. The zero-order valence-corrected chi connectivity index (χ0v) is 26.2. The SMILES string of the molecule is CCC[C@H](NC(=O)[C@H](NC(=O)C12CC(C1)C2)C1CCCCC1)C(=O)N[C@@H](C[C@@H]1CCNC1=O)C(=O)C(=O)NCc1ccccc1. The molecule has 5 aliphatic rings. The van der Waals surface area contributed by atoms with Crippen molar-refractivity contribution < 1.29 is 28.8 Å². The maximum Gasteiger partial charge on any atom is 0.289 e. The molecule has 5 N–H and O–H groups in total. The second kappa shape index (κ2) is 14.6. The lowest BCUT2D eigenvalue weighted by atomic mass is 9.44. The Kier molecular flexibility index (Phi) is 10.6. The predicted octanol–water partition coefficient (Wildman–Crippen LogP) is 2.03. The topological polar surface area (TPSA) is 163 Å². The molecule has 1 aromatic carbocycles. The van der Waals surface area contributed by atoms with Crippen molar-refractivity contribution >= 4 is 35.3 Å². The molecule has 11 nitrogen and oxygen atoms in total. The third-order valence-corrected chi connectivity index (χ3v) is 10.3. The number of nitrogens with one attached hydrogen (secondary N) is 5. The lowest BCUT2D eigenvalue weighted by Crippen LogP contribution is -2.64. The summed E-state index contributed by atoms with van der Waals surface area (Å²) in [5.41, 5.74) is 0.480. The van der Waals surface area contributed by atoms with Crippen LogP contribution in [0, 0.1) is 23.2 Å². The highest BCUT2D eigenvalue weighted by Gasteiger charge is 2.61. The number of ketones is 1. The summed E-state index contributed by atoms with van der Waals surface area (Å²) in [7, 11) is 0. The Morgan fingerprint density at radius 3 is 2.18 bits per heavy atom. The Labute approximate surface area is 264 Å². The van der Waals surface area contributed by atoms with Crippen molar-refractivity contribution in [2.75, 3.05) is 6.54 Å². The van der Waals surface area contributed by atoms with E-state index in [9.17, 15) is 28.8 Å². The molecule has 0 spiro atoms. The highest BCUT2D eigenvalue weighted by Crippen LogP contribution is 2.64. The lowest BCUT2D eigenvalue weighted by Gasteiger charge is -2.60. The van der Waals surface area contributed by atoms with Gasteiger partial charge in [-0.25, -0.2) is 0 Å². The van der Waals surface area contributed by atoms with Crippen molar-refractivity contribution in [1.29, 1.82) is 0 Å². The zero-order valence-electron chi connectivity index (χ0n) is 26.2. The predicted molar refractivity (Wildman–Crippen MR) is 166 cm³/mol. The van der Waals surface area contributed by atoms with Crippen molar-refractivity contribution in [2.45, 2.75) is 109 Å². The number of amides is 5. The molecule has 0 aromatic heterocycles. The molecule has 0 radical (unpaired) electrons.